The number of nitrogens with zero attached hydrogens (tertiary/aromatic N) is 2. The molecule has 1 aliphatic heterocycles. The predicted molar refractivity (Wildman–Crippen MR) is 149 cm³/mol. The topological polar surface area (TPSA) is 103 Å². The molecule has 3 aromatic carbocycles. The number of rotatable bonds is 7. The average Bonchev–Trinajstić information content (AvgIpc) is 2.91. The maximum Gasteiger partial charge on any atom is 0.336 e. The van der Waals surface area contributed by atoms with Crippen molar-refractivity contribution in [3.8, 4) is 0 Å². The van der Waals surface area contributed by atoms with Crippen LogP contribution in [0.2, 0.25) is 5.02 Å². The number of carbonyl (C=O) groups excluding carboxylic acids is 3. The van der Waals surface area contributed by atoms with Crippen molar-refractivity contribution in [1.29, 1.82) is 0 Å². The van der Waals surface area contributed by atoms with Crippen molar-refractivity contribution in [1.82, 2.24) is 4.90 Å². The monoisotopic (exact) mass is 557 g/mol. The van der Waals surface area contributed by atoms with Gasteiger partial charge >= 0.3 is 6.03 Å². The fourth-order valence-corrected chi connectivity index (χ4v) is 4.08. The molecule has 38 heavy (non-hydrogen) atoms. The summed E-state index contributed by atoms with van der Waals surface area (Å²) in [6, 6.07) is 16.1. The first-order chi connectivity index (χ1) is 18.3. The number of ether oxygens (including phenoxy) is 1. The number of morpholine rings is 1. The van der Waals surface area contributed by atoms with Gasteiger partial charge in [-0.05, 0) is 54.6 Å². The summed E-state index contributed by atoms with van der Waals surface area (Å²) in [4.78, 5) is 39.3. The Morgan fingerprint density at radius 1 is 0.947 bits per heavy atom. The lowest BCUT2D eigenvalue weighted by atomic mass is 10.2. The number of nitrogens with one attached hydrogen (secondary N) is 3. The van der Waals surface area contributed by atoms with Crippen LogP contribution in [0.4, 0.5) is 31.9 Å². The summed E-state index contributed by atoms with van der Waals surface area (Å²) >= 11 is 10.6. The molecule has 0 unspecified atom stereocenters. The maximum absolute atomic E-state index is 13.8. The summed E-state index contributed by atoms with van der Waals surface area (Å²) in [5.74, 6) is -1.40. The van der Waals surface area contributed by atoms with Crippen LogP contribution in [0.5, 0.6) is 0 Å². The van der Waals surface area contributed by atoms with Crippen LogP contribution in [-0.2, 0) is 9.53 Å². The van der Waals surface area contributed by atoms with E-state index in [4.69, 9.17) is 16.3 Å². The second-order valence-corrected chi connectivity index (χ2v) is 9.16. The minimum absolute atomic E-state index is 0.0758. The number of benzene rings is 3. The molecule has 198 valence electrons. The summed E-state index contributed by atoms with van der Waals surface area (Å²) < 4.78 is 20.2. The number of urea groups is 1. The van der Waals surface area contributed by atoms with Crippen LogP contribution >= 0.6 is 24.4 Å². The molecule has 0 aliphatic carbocycles. The highest BCUT2D eigenvalue weighted by Gasteiger charge is 2.17. The van der Waals surface area contributed by atoms with Gasteiger partial charge in [0.15, 0.2) is 0 Å². The van der Waals surface area contributed by atoms with Crippen molar-refractivity contribution in [3.05, 3.63) is 83.1 Å². The Morgan fingerprint density at radius 2 is 1.63 bits per heavy atom. The predicted octanol–water partition coefficient (Wildman–Crippen LogP) is 4.89. The smallest absolute Gasteiger partial charge is 0.336 e. The zero-order chi connectivity index (χ0) is 27.1. The molecular formula is C26H25ClFN5O4S. The Labute approximate surface area is 229 Å². The lowest BCUT2D eigenvalue weighted by molar-refractivity contribution is -0.118. The largest absolute Gasteiger partial charge is 0.379 e. The standard InChI is InChI=1S/C26H25ClFN5O4S/c27-21-15-18(7-10-23(21)31-24(34)16-32-11-13-37-14-12-32)30-26(36)33(38)19-8-5-17(6-9-19)29-25(35)20-3-1-2-4-22(20)28/h1-10,15,38H,11-14,16H2,(H,29,35)(H,30,36)(H,31,34). The van der Waals surface area contributed by atoms with Gasteiger partial charge in [0.05, 0.1) is 41.7 Å². The third kappa shape index (κ3) is 7.23. The molecule has 4 amide bonds. The van der Waals surface area contributed by atoms with Crippen LogP contribution in [0.3, 0.4) is 0 Å². The Bertz CT molecular complexity index is 1320. The number of anilines is 4. The summed E-state index contributed by atoms with van der Waals surface area (Å²) in [6.07, 6.45) is 0. The first-order valence-electron chi connectivity index (χ1n) is 11.7. The molecular weight excluding hydrogens is 533 g/mol. The van der Waals surface area contributed by atoms with Crippen LogP contribution in [0.15, 0.2) is 66.7 Å². The summed E-state index contributed by atoms with van der Waals surface area (Å²) in [6.45, 7) is 2.81. The van der Waals surface area contributed by atoms with E-state index in [1.807, 2.05) is 4.90 Å². The zero-order valence-electron chi connectivity index (χ0n) is 20.1. The number of halogens is 2. The summed E-state index contributed by atoms with van der Waals surface area (Å²) in [7, 11) is 0. The highest BCUT2D eigenvalue weighted by molar-refractivity contribution is 7.82. The van der Waals surface area contributed by atoms with E-state index >= 15 is 0 Å². The Kier molecular flexibility index (Phi) is 9.19. The molecule has 0 aromatic heterocycles. The molecule has 1 heterocycles. The highest BCUT2D eigenvalue weighted by Crippen LogP contribution is 2.27. The molecule has 1 fully saturated rings. The van der Waals surface area contributed by atoms with E-state index in [-0.39, 0.29) is 23.0 Å². The van der Waals surface area contributed by atoms with Gasteiger partial charge in [0, 0.05) is 24.5 Å². The van der Waals surface area contributed by atoms with Gasteiger partial charge in [-0.15, -0.1) is 0 Å². The quantitative estimate of drug-likeness (QED) is 0.310. The number of thiol groups is 1. The van der Waals surface area contributed by atoms with Gasteiger partial charge in [0.25, 0.3) is 5.91 Å². The fourth-order valence-electron chi connectivity index (χ4n) is 3.67. The Hall–Kier alpha value is -3.64. The third-order valence-corrected chi connectivity index (χ3v) is 6.37. The van der Waals surface area contributed by atoms with Crippen molar-refractivity contribution in [2.24, 2.45) is 0 Å². The zero-order valence-corrected chi connectivity index (χ0v) is 21.8. The van der Waals surface area contributed by atoms with Crippen molar-refractivity contribution >= 4 is 65.0 Å². The lowest BCUT2D eigenvalue weighted by Crippen LogP contribution is -2.41. The third-order valence-electron chi connectivity index (χ3n) is 5.65. The number of amides is 4. The lowest BCUT2D eigenvalue weighted by Gasteiger charge is -2.25. The number of hydrogen-bond acceptors (Lipinski definition) is 6. The average molecular weight is 558 g/mol. The molecule has 0 radical (unpaired) electrons. The Balaban J connectivity index is 1.31. The molecule has 1 aliphatic rings. The number of hydrogen-bond donors (Lipinski definition) is 4. The van der Waals surface area contributed by atoms with Gasteiger partial charge < -0.3 is 20.7 Å². The molecule has 12 heteroatoms. The van der Waals surface area contributed by atoms with E-state index in [9.17, 15) is 18.8 Å². The van der Waals surface area contributed by atoms with E-state index in [0.717, 1.165) is 4.31 Å². The molecule has 1 saturated heterocycles. The van der Waals surface area contributed by atoms with Crippen LogP contribution in [0, 0.1) is 5.82 Å². The fraction of sp³-hybridized carbons (Fsp3) is 0.192. The first-order valence-corrected chi connectivity index (χ1v) is 12.4. The minimum atomic E-state index is -0.622. The van der Waals surface area contributed by atoms with Crippen LogP contribution in [0.25, 0.3) is 0 Å². The van der Waals surface area contributed by atoms with Crippen molar-refractivity contribution in [2.45, 2.75) is 0 Å². The molecule has 3 N–H and O–H groups in total. The van der Waals surface area contributed by atoms with Gasteiger partial charge in [-0.25, -0.2) is 13.5 Å². The molecule has 3 aromatic rings. The molecule has 4 rings (SSSR count). The summed E-state index contributed by atoms with van der Waals surface area (Å²) in [5.41, 5.74) is 1.60. The van der Waals surface area contributed by atoms with Crippen LogP contribution in [-0.4, -0.2) is 55.6 Å². The molecule has 0 bridgehead atoms. The van der Waals surface area contributed by atoms with Gasteiger partial charge in [-0.2, -0.15) is 0 Å². The SMILES string of the molecule is O=C(CN1CCOCC1)Nc1ccc(NC(=O)N(S)c2ccc(NC(=O)c3ccccc3F)cc2)cc1Cl. The minimum Gasteiger partial charge on any atom is -0.379 e. The summed E-state index contributed by atoms with van der Waals surface area (Å²) in [5, 5.41) is 8.33. The van der Waals surface area contributed by atoms with Crippen LogP contribution in [0.1, 0.15) is 10.4 Å². The maximum atomic E-state index is 13.8. The van der Waals surface area contributed by atoms with Crippen molar-refractivity contribution in [2.75, 3.05) is 53.1 Å². The highest BCUT2D eigenvalue weighted by atomic mass is 35.5. The number of carbonyl (C=O) groups is 3. The first kappa shape index (κ1) is 27.4. The van der Waals surface area contributed by atoms with Gasteiger partial charge in [-0.3, -0.25) is 14.5 Å². The van der Waals surface area contributed by atoms with E-state index in [1.54, 1.807) is 42.5 Å². The van der Waals surface area contributed by atoms with E-state index < -0.39 is 17.8 Å². The second kappa shape index (κ2) is 12.7. The molecule has 9 nitrogen and oxygen atoms in total. The molecule has 0 spiro atoms. The normalized spacial score (nSPS) is 13.4. The van der Waals surface area contributed by atoms with E-state index in [1.165, 1.54) is 24.3 Å². The van der Waals surface area contributed by atoms with Gasteiger partial charge in [-0.1, -0.05) is 36.5 Å². The van der Waals surface area contributed by atoms with Crippen LogP contribution < -0.4 is 20.3 Å². The van der Waals surface area contributed by atoms with E-state index in [2.05, 4.69) is 28.8 Å². The molecule has 0 saturated carbocycles. The van der Waals surface area contributed by atoms with E-state index in [0.29, 0.717) is 49.1 Å². The van der Waals surface area contributed by atoms with Crippen molar-refractivity contribution < 1.29 is 23.5 Å². The second-order valence-electron chi connectivity index (χ2n) is 8.35. The van der Waals surface area contributed by atoms with Gasteiger partial charge in [0.2, 0.25) is 5.91 Å². The molecule has 0 atom stereocenters. The van der Waals surface area contributed by atoms with Gasteiger partial charge in [0.1, 0.15) is 5.82 Å². The Morgan fingerprint density at radius 3 is 2.32 bits per heavy atom. The van der Waals surface area contributed by atoms with Crippen molar-refractivity contribution in [3.63, 3.8) is 0 Å².